The Kier molecular flexibility index (Phi) is 1.28. The van der Waals surface area contributed by atoms with Crippen LogP contribution in [0.5, 0.6) is 0 Å². The quantitative estimate of drug-likeness (QED) is 0.715. The maximum atomic E-state index is 5.66. The van der Waals surface area contributed by atoms with Crippen molar-refractivity contribution < 1.29 is 4.52 Å². The van der Waals surface area contributed by atoms with Crippen LogP contribution in [0.15, 0.2) is 4.52 Å². The van der Waals surface area contributed by atoms with E-state index in [0.717, 1.165) is 29.6 Å². The van der Waals surface area contributed by atoms with E-state index >= 15 is 0 Å². The maximum absolute atomic E-state index is 5.66. The molecule has 3 saturated carbocycles. The Morgan fingerprint density at radius 2 is 1.93 bits per heavy atom. The van der Waals surface area contributed by atoms with E-state index in [-0.39, 0.29) is 5.28 Å². The van der Waals surface area contributed by atoms with Gasteiger partial charge in [0.25, 0.3) is 5.28 Å². The van der Waals surface area contributed by atoms with Crippen molar-refractivity contribution in [3.8, 4) is 0 Å². The first kappa shape index (κ1) is 7.69. The fraction of sp³-hybridized carbons (Fsp3) is 0.800. The third-order valence-corrected chi connectivity index (χ3v) is 4.59. The summed E-state index contributed by atoms with van der Waals surface area (Å²) >= 11 is 5.66. The number of nitrogens with zero attached hydrogens (tertiary/aromatic N) is 2. The molecule has 4 heteroatoms. The van der Waals surface area contributed by atoms with E-state index in [2.05, 4.69) is 10.1 Å². The summed E-state index contributed by atoms with van der Waals surface area (Å²) in [4.78, 5) is 4.14. The molecule has 0 aliphatic heterocycles. The molecule has 3 aliphatic carbocycles. The van der Waals surface area contributed by atoms with Gasteiger partial charge in [-0.3, -0.25) is 0 Å². The molecule has 4 rings (SSSR count). The Bertz CT molecular complexity index is 375. The molecule has 1 aromatic heterocycles. The molecule has 2 bridgehead atoms. The lowest BCUT2D eigenvalue weighted by Crippen LogP contribution is -1.97. The number of aromatic nitrogens is 2. The summed E-state index contributed by atoms with van der Waals surface area (Å²) in [5, 5.41) is 3.92. The van der Waals surface area contributed by atoms with Crippen LogP contribution in [0.25, 0.3) is 0 Å². The van der Waals surface area contributed by atoms with Gasteiger partial charge >= 0.3 is 0 Å². The second kappa shape index (κ2) is 2.32. The van der Waals surface area contributed by atoms with Crippen LogP contribution in [-0.2, 0) is 0 Å². The van der Waals surface area contributed by atoms with Gasteiger partial charge in [-0.2, -0.15) is 4.98 Å². The van der Waals surface area contributed by atoms with E-state index in [1.54, 1.807) is 0 Å². The molecule has 0 saturated heterocycles. The van der Waals surface area contributed by atoms with E-state index in [0.29, 0.717) is 5.92 Å². The Hall–Kier alpha value is -0.570. The molecule has 0 amide bonds. The normalized spacial score (nSPS) is 48.2. The Morgan fingerprint density at radius 3 is 2.50 bits per heavy atom. The number of fused-ring (bicyclic) bond motifs is 5. The van der Waals surface area contributed by atoms with Crippen molar-refractivity contribution in [1.29, 1.82) is 0 Å². The molecule has 4 atom stereocenters. The summed E-state index contributed by atoms with van der Waals surface area (Å²) in [6, 6.07) is 0. The molecular weight excluding hydrogens is 200 g/mol. The molecule has 74 valence electrons. The van der Waals surface area contributed by atoms with Crippen LogP contribution >= 0.6 is 11.6 Å². The van der Waals surface area contributed by atoms with Gasteiger partial charge in [-0.1, -0.05) is 0 Å². The molecular formula is C10H11ClN2O. The fourth-order valence-corrected chi connectivity index (χ4v) is 4.12. The van der Waals surface area contributed by atoms with E-state index in [9.17, 15) is 0 Å². The molecule has 3 fully saturated rings. The van der Waals surface area contributed by atoms with Gasteiger partial charge in [0.1, 0.15) is 0 Å². The van der Waals surface area contributed by atoms with E-state index < -0.39 is 0 Å². The largest absolute Gasteiger partial charge is 0.338 e. The molecule has 0 N–H and O–H groups in total. The van der Waals surface area contributed by atoms with Crippen LogP contribution in [0.1, 0.15) is 31.1 Å². The highest BCUT2D eigenvalue weighted by Gasteiger charge is 2.67. The first-order chi connectivity index (χ1) is 6.84. The minimum absolute atomic E-state index is 0.261. The molecule has 0 aromatic carbocycles. The predicted molar refractivity (Wildman–Crippen MR) is 49.9 cm³/mol. The Labute approximate surface area is 86.8 Å². The van der Waals surface area contributed by atoms with Crippen LogP contribution < -0.4 is 0 Å². The van der Waals surface area contributed by atoms with Crippen molar-refractivity contribution in [3.05, 3.63) is 11.2 Å². The molecule has 14 heavy (non-hydrogen) atoms. The van der Waals surface area contributed by atoms with Gasteiger partial charge in [0, 0.05) is 5.92 Å². The highest BCUT2D eigenvalue weighted by atomic mass is 35.5. The van der Waals surface area contributed by atoms with Crippen LogP contribution in [0, 0.1) is 23.7 Å². The van der Waals surface area contributed by atoms with Crippen molar-refractivity contribution in [2.24, 2.45) is 23.7 Å². The smallest absolute Gasteiger partial charge is 0.263 e. The summed E-state index contributed by atoms with van der Waals surface area (Å²) in [7, 11) is 0. The van der Waals surface area contributed by atoms with Gasteiger partial charge in [0.2, 0.25) is 5.89 Å². The summed E-state index contributed by atoms with van der Waals surface area (Å²) in [5.41, 5.74) is 0. The Balaban J connectivity index is 1.66. The maximum Gasteiger partial charge on any atom is 0.263 e. The SMILES string of the molecule is Clc1noc(C2C3C4CCC(C4)C23)n1. The summed E-state index contributed by atoms with van der Waals surface area (Å²) in [6.07, 6.45) is 4.29. The van der Waals surface area contributed by atoms with Gasteiger partial charge in [0.05, 0.1) is 0 Å². The van der Waals surface area contributed by atoms with Gasteiger partial charge in [0.15, 0.2) is 0 Å². The second-order valence-electron chi connectivity index (χ2n) is 4.92. The molecule has 4 unspecified atom stereocenters. The van der Waals surface area contributed by atoms with Gasteiger partial charge in [-0.05, 0) is 59.7 Å². The highest BCUT2D eigenvalue weighted by Crippen LogP contribution is 2.72. The van der Waals surface area contributed by atoms with Crippen LogP contribution in [0.3, 0.4) is 0 Å². The standard InChI is InChI=1S/C10H11ClN2O/c11-10-12-9(14-13-10)8-6-4-1-2-5(3-4)7(6)8/h4-8H,1-3H2. The Morgan fingerprint density at radius 1 is 1.21 bits per heavy atom. The summed E-state index contributed by atoms with van der Waals surface area (Å²) < 4.78 is 5.16. The zero-order chi connectivity index (χ0) is 9.28. The van der Waals surface area contributed by atoms with E-state index in [1.165, 1.54) is 19.3 Å². The zero-order valence-electron chi connectivity index (χ0n) is 7.69. The number of rotatable bonds is 1. The lowest BCUT2D eigenvalue weighted by molar-refractivity contribution is 0.355. The number of hydrogen-bond acceptors (Lipinski definition) is 3. The molecule has 0 spiro atoms. The zero-order valence-corrected chi connectivity index (χ0v) is 8.44. The molecule has 3 nitrogen and oxygen atoms in total. The average Bonchev–Trinajstić information content (AvgIpc) is 2.58. The lowest BCUT2D eigenvalue weighted by atomic mass is 10.0. The second-order valence-corrected chi connectivity index (χ2v) is 5.25. The van der Waals surface area contributed by atoms with Crippen molar-refractivity contribution in [2.45, 2.75) is 25.2 Å². The van der Waals surface area contributed by atoms with E-state index in [4.69, 9.17) is 16.1 Å². The van der Waals surface area contributed by atoms with E-state index in [1.807, 2.05) is 0 Å². The molecule has 1 aromatic rings. The molecule has 1 heterocycles. The summed E-state index contributed by atoms with van der Waals surface area (Å²) in [5.74, 6) is 4.94. The average molecular weight is 211 g/mol. The minimum atomic E-state index is 0.261. The van der Waals surface area contributed by atoms with Crippen LogP contribution in [0.2, 0.25) is 5.28 Å². The highest BCUT2D eigenvalue weighted by molar-refractivity contribution is 6.28. The molecule has 0 radical (unpaired) electrons. The lowest BCUT2D eigenvalue weighted by Gasteiger charge is -2.04. The number of halogens is 1. The third-order valence-electron chi connectivity index (χ3n) is 4.44. The van der Waals surface area contributed by atoms with Crippen molar-refractivity contribution in [2.75, 3.05) is 0 Å². The van der Waals surface area contributed by atoms with Gasteiger partial charge < -0.3 is 4.52 Å². The van der Waals surface area contributed by atoms with Gasteiger partial charge in [-0.15, -0.1) is 0 Å². The fourth-order valence-electron chi connectivity index (χ4n) is 4.01. The van der Waals surface area contributed by atoms with Crippen molar-refractivity contribution >= 4 is 11.6 Å². The molecule has 3 aliphatic rings. The summed E-state index contributed by atoms with van der Waals surface area (Å²) in [6.45, 7) is 0. The van der Waals surface area contributed by atoms with Crippen LogP contribution in [0.4, 0.5) is 0 Å². The predicted octanol–water partition coefficient (Wildman–Crippen LogP) is 2.48. The topological polar surface area (TPSA) is 38.9 Å². The van der Waals surface area contributed by atoms with Crippen molar-refractivity contribution in [1.82, 2.24) is 10.1 Å². The van der Waals surface area contributed by atoms with Crippen LogP contribution in [-0.4, -0.2) is 10.1 Å². The third kappa shape index (κ3) is 0.800. The van der Waals surface area contributed by atoms with Gasteiger partial charge in [-0.25, -0.2) is 0 Å². The monoisotopic (exact) mass is 210 g/mol. The first-order valence-corrected chi connectivity index (χ1v) is 5.71. The first-order valence-electron chi connectivity index (χ1n) is 5.33. The number of hydrogen-bond donors (Lipinski definition) is 0. The van der Waals surface area contributed by atoms with Crippen molar-refractivity contribution in [3.63, 3.8) is 0 Å². The minimum Gasteiger partial charge on any atom is -0.338 e.